The fourth-order valence-electron chi connectivity index (χ4n) is 1.95. The first-order valence-corrected chi connectivity index (χ1v) is 8.01. The van der Waals surface area contributed by atoms with Crippen LogP contribution in [-0.4, -0.2) is 29.1 Å². The second kappa shape index (κ2) is 6.57. The Morgan fingerprint density at radius 3 is 2.35 bits per heavy atom. The Balaban J connectivity index is 3.15. The number of aromatic nitrogens is 1. The van der Waals surface area contributed by atoms with Gasteiger partial charge in [-0.3, -0.25) is 0 Å². The minimum atomic E-state index is -0.877. The summed E-state index contributed by atoms with van der Waals surface area (Å²) in [6.45, 7) is 14.2. The summed E-state index contributed by atoms with van der Waals surface area (Å²) in [7, 11) is 0. The molecular formula is C15H26N2O2S. The van der Waals surface area contributed by atoms with Gasteiger partial charge in [0.2, 0.25) is 0 Å². The van der Waals surface area contributed by atoms with Crippen molar-refractivity contribution < 1.29 is 9.90 Å². The smallest absolute Gasteiger partial charge is 0.347 e. The SMILES string of the molecule is CCC(C)CN(CC)c1nc(C(C)(C)C)c(C(=O)O)s1. The zero-order chi connectivity index (χ0) is 15.5. The summed E-state index contributed by atoms with van der Waals surface area (Å²) in [5.41, 5.74) is 0.436. The Morgan fingerprint density at radius 1 is 1.40 bits per heavy atom. The molecular weight excluding hydrogens is 272 g/mol. The largest absolute Gasteiger partial charge is 0.477 e. The fourth-order valence-corrected chi connectivity index (χ4v) is 3.13. The quantitative estimate of drug-likeness (QED) is 0.862. The predicted octanol–water partition coefficient (Wildman–Crippen LogP) is 4.01. The zero-order valence-corrected chi connectivity index (χ0v) is 14.2. The fraction of sp³-hybridized carbons (Fsp3) is 0.733. The number of carboxylic acids is 1. The third-order valence-corrected chi connectivity index (χ3v) is 4.51. The molecule has 20 heavy (non-hydrogen) atoms. The molecule has 1 unspecified atom stereocenters. The molecule has 0 amide bonds. The van der Waals surface area contributed by atoms with E-state index in [4.69, 9.17) is 0 Å². The Bertz CT molecular complexity index is 463. The number of hydrogen-bond donors (Lipinski definition) is 1. The molecule has 0 aromatic carbocycles. The summed E-state index contributed by atoms with van der Waals surface area (Å²) in [6.07, 6.45) is 1.11. The molecule has 0 saturated carbocycles. The molecule has 1 aromatic heterocycles. The topological polar surface area (TPSA) is 53.4 Å². The van der Waals surface area contributed by atoms with E-state index in [-0.39, 0.29) is 5.41 Å². The minimum absolute atomic E-state index is 0.252. The lowest BCUT2D eigenvalue weighted by molar-refractivity contribution is 0.0699. The van der Waals surface area contributed by atoms with Crippen molar-refractivity contribution in [1.82, 2.24) is 4.98 Å². The van der Waals surface area contributed by atoms with Gasteiger partial charge >= 0.3 is 5.97 Å². The number of hydrogen-bond acceptors (Lipinski definition) is 4. The monoisotopic (exact) mass is 298 g/mol. The number of aromatic carboxylic acids is 1. The maximum absolute atomic E-state index is 11.4. The normalized spacial score (nSPS) is 13.3. The van der Waals surface area contributed by atoms with Crippen molar-refractivity contribution in [2.45, 2.75) is 53.4 Å². The van der Waals surface area contributed by atoms with Crippen molar-refractivity contribution in [1.29, 1.82) is 0 Å². The van der Waals surface area contributed by atoms with Crippen LogP contribution in [0.1, 0.15) is 63.3 Å². The molecule has 1 rings (SSSR count). The van der Waals surface area contributed by atoms with Crippen LogP contribution >= 0.6 is 11.3 Å². The van der Waals surface area contributed by atoms with Crippen LogP contribution in [0.5, 0.6) is 0 Å². The van der Waals surface area contributed by atoms with E-state index in [1.54, 1.807) is 0 Å². The third kappa shape index (κ3) is 3.95. The molecule has 5 heteroatoms. The molecule has 0 aliphatic heterocycles. The van der Waals surface area contributed by atoms with Gasteiger partial charge < -0.3 is 10.0 Å². The van der Waals surface area contributed by atoms with Crippen LogP contribution in [0.25, 0.3) is 0 Å². The number of nitrogens with zero attached hydrogens (tertiary/aromatic N) is 2. The maximum Gasteiger partial charge on any atom is 0.347 e. The van der Waals surface area contributed by atoms with E-state index >= 15 is 0 Å². The van der Waals surface area contributed by atoms with E-state index in [0.717, 1.165) is 24.6 Å². The molecule has 0 bridgehead atoms. The lowest BCUT2D eigenvalue weighted by atomic mass is 9.91. The second-order valence-electron chi connectivity index (χ2n) is 6.28. The van der Waals surface area contributed by atoms with Crippen molar-refractivity contribution in [3.63, 3.8) is 0 Å². The van der Waals surface area contributed by atoms with E-state index in [2.05, 4.69) is 30.7 Å². The van der Waals surface area contributed by atoms with Gasteiger partial charge in [-0.05, 0) is 12.8 Å². The molecule has 0 aliphatic carbocycles. The highest BCUT2D eigenvalue weighted by molar-refractivity contribution is 7.17. The lowest BCUT2D eigenvalue weighted by Gasteiger charge is -2.23. The highest BCUT2D eigenvalue weighted by Gasteiger charge is 2.28. The molecule has 0 radical (unpaired) electrons. The molecule has 1 atom stereocenters. The van der Waals surface area contributed by atoms with Crippen LogP contribution in [0, 0.1) is 5.92 Å². The van der Waals surface area contributed by atoms with Gasteiger partial charge in [0.15, 0.2) is 5.13 Å². The lowest BCUT2D eigenvalue weighted by Crippen LogP contribution is -2.28. The molecule has 114 valence electrons. The molecule has 0 aliphatic rings. The van der Waals surface area contributed by atoms with E-state index < -0.39 is 5.97 Å². The predicted molar refractivity (Wildman–Crippen MR) is 85.1 cm³/mol. The van der Waals surface area contributed by atoms with Crippen LogP contribution in [0.4, 0.5) is 5.13 Å². The molecule has 0 spiro atoms. The number of rotatable bonds is 6. The number of carboxylic acid groups (broad SMARTS) is 1. The zero-order valence-electron chi connectivity index (χ0n) is 13.4. The molecule has 4 nitrogen and oxygen atoms in total. The van der Waals surface area contributed by atoms with Gasteiger partial charge in [-0.15, -0.1) is 0 Å². The van der Waals surface area contributed by atoms with E-state index in [9.17, 15) is 9.90 Å². The van der Waals surface area contributed by atoms with Gasteiger partial charge in [-0.25, -0.2) is 9.78 Å². The highest BCUT2D eigenvalue weighted by Crippen LogP contribution is 2.34. The second-order valence-corrected chi connectivity index (χ2v) is 7.26. The molecule has 1 N–H and O–H groups in total. The molecule has 1 aromatic rings. The molecule has 0 saturated heterocycles. The van der Waals surface area contributed by atoms with Crippen molar-refractivity contribution in [3.05, 3.63) is 10.6 Å². The first kappa shape index (κ1) is 17.0. The summed E-state index contributed by atoms with van der Waals surface area (Å²) < 4.78 is 0. The average Bonchev–Trinajstić information content (AvgIpc) is 2.80. The summed E-state index contributed by atoms with van der Waals surface area (Å²) in [5, 5.41) is 10.2. The number of anilines is 1. The van der Waals surface area contributed by atoms with E-state index in [0.29, 0.717) is 16.5 Å². The van der Waals surface area contributed by atoms with Crippen LogP contribution in [0.15, 0.2) is 0 Å². The Morgan fingerprint density at radius 2 is 2.00 bits per heavy atom. The molecule has 1 heterocycles. The first-order chi connectivity index (χ1) is 9.20. The van der Waals surface area contributed by atoms with Gasteiger partial charge in [0.1, 0.15) is 4.88 Å². The number of thiazole rings is 1. The minimum Gasteiger partial charge on any atom is -0.477 e. The van der Waals surface area contributed by atoms with Crippen LogP contribution in [-0.2, 0) is 5.41 Å². The van der Waals surface area contributed by atoms with Gasteiger partial charge in [0, 0.05) is 18.5 Å². The standard InChI is InChI=1S/C15H26N2O2S/c1-7-10(3)9-17(8-2)14-16-12(15(4,5)6)11(20-14)13(18)19/h10H,7-9H2,1-6H3,(H,18,19). The first-order valence-electron chi connectivity index (χ1n) is 7.20. The Kier molecular flexibility index (Phi) is 5.57. The van der Waals surface area contributed by atoms with Gasteiger partial charge in [0.25, 0.3) is 0 Å². The van der Waals surface area contributed by atoms with Gasteiger partial charge in [-0.1, -0.05) is 52.4 Å². The number of carbonyl (C=O) groups is 1. The molecule has 0 fully saturated rings. The Labute approximate surface area is 125 Å². The average molecular weight is 298 g/mol. The highest BCUT2D eigenvalue weighted by atomic mass is 32.1. The summed E-state index contributed by atoms with van der Waals surface area (Å²) in [6, 6.07) is 0. The summed E-state index contributed by atoms with van der Waals surface area (Å²) in [5.74, 6) is -0.302. The van der Waals surface area contributed by atoms with Crippen LogP contribution < -0.4 is 4.90 Å². The van der Waals surface area contributed by atoms with E-state index in [1.807, 2.05) is 20.8 Å². The van der Waals surface area contributed by atoms with Crippen LogP contribution in [0.2, 0.25) is 0 Å². The van der Waals surface area contributed by atoms with Gasteiger partial charge in [-0.2, -0.15) is 0 Å². The van der Waals surface area contributed by atoms with Crippen molar-refractivity contribution in [3.8, 4) is 0 Å². The van der Waals surface area contributed by atoms with Crippen LogP contribution in [0.3, 0.4) is 0 Å². The Hall–Kier alpha value is -1.10. The summed E-state index contributed by atoms with van der Waals surface area (Å²) in [4.78, 5) is 18.6. The van der Waals surface area contributed by atoms with Crippen molar-refractivity contribution in [2.75, 3.05) is 18.0 Å². The van der Waals surface area contributed by atoms with Gasteiger partial charge in [0.05, 0.1) is 5.69 Å². The van der Waals surface area contributed by atoms with Crippen molar-refractivity contribution >= 4 is 22.4 Å². The van der Waals surface area contributed by atoms with Crippen molar-refractivity contribution in [2.24, 2.45) is 5.92 Å². The maximum atomic E-state index is 11.4. The summed E-state index contributed by atoms with van der Waals surface area (Å²) >= 11 is 1.29. The third-order valence-electron chi connectivity index (χ3n) is 3.40. The van der Waals surface area contributed by atoms with E-state index in [1.165, 1.54) is 11.3 Å².